The number of para-hydroxylation sites is 1. The fraction of sp³-hybridized carbons (Fsp3) is 0.176. The van der Waals surface area contributed by atoms with Gasteiger partial charge in [0.2, 0.25) is 5.16 Å². The molecule has 8 heteroatoms. The van der Waals surface area contributed by atoms with Gasteiger partial charge in [0.1, 0.15) is 5.01 Å². The second-order valence-electron chi connectivity index (χ2n) is 5.56. The molecule has 0 spiro atoms. The minimum Gasteiger partial charge on any atom is -0.240 e. The molecule has 3 heterocycles. The fourth-order valence-corrected chi connectivity index (χ4v) is 4.99. The molecule has 4 aromatic rings. The maximum absolute atomic E-state index is 4.72. The highest BCUT2D eigenvalue weighted by atomic mass is 32.2. The summed E-state index contributed by atoms with van der Waals surface area (Å²) in [4.78, 5) is 4.72. The van der Waals surface area contributed by atoms with Gasteiger partial charge in [0.15, 0.2) is 0 Å². The molecule has 0 saturated carbocycles. The van der Waals surface area contributed by atoms with Gasteiger partial charge in [0, 0.05) is 22.1 Å². The van der Waals surface area contributed by atoms with Crippen LogP contribution in [0.4, 0.5) is 0 Å². The highest BCUT2D eigenvalue weighted by Gasteiger charge is 2.14. The third-order valence-electron chi connectivity index (χ3n) is 3.76. The SMILES string of the molecule is Cc1cccc(C)c1-n1nnnc1SCc1csc(-c2ccsc2)n1. The number of thiophene rings is 1. The van der Waals surface area contributed by atoms with Crippen LogP contribution in [-0.4, -0.2) is 25.2 Å². The van der Waals surface area contributed by atoms with Crippen molar-refractivity contribution in [2.24, 2.45) is 0 Å². The minimum absolute atomic E-state index is 0.742. The van der Waals surface area contributed by atoms with E-state index < -0.39 is 0 Å². The molecule has 0 N–H and O–H groups in total. The summed E-state index contributed by atoms with van der Waals surface area (Å²) in [7, 11) is 0. The lowest BCUT2D eigenvalue weighted by Gasteiger charge is -2.10. The van der Waals surface area contributed by atoms with E-state index in [1.807, 2.05) is 10.7 Å². The van der Waals surface area contributed by atoms with Crippen LogP contribution in [0.2, 0.25) is 0 Å². The van der Waals surface area contributed by atoms with Gasteiger partial charge in [0.25, 0.3) is 0 Å². The van der Waals surface area contributed by atoms with Gasteiger partial charge in [-0.25, -0.2) is 4.98 Å². The number of thioether (sulfide) groups is 1. The molecule has 0 aliphatic heterocycles. The van der Waals surface area contributed by atoms with Crippen molar-refractivity contribution in [3.63, 3.8) is 0 Å². The van der Waals surface area contributed by atoms with Gasteiger partial charge >= 0.3 is 0 Å². The molecular weight excluding hydrogens is 370 g/mol. The molecule has 126 valence electrons. The topological polar surface area (TPSA) is 56.5 Å². The summed E-state index contributed by atoms with van der Waals surface area (Å²) in [5.74, 6) is 0.742. The van der Waals surface area contributed by atoms with E-state index in [0.717, 1.165) is 38.4 Å². The number of rotatable bonds is 5. The van der Waals surface area contributed by atoms with E-state index in [9.17, 15) is 0 Å². The van der Waals surface area contributed by atoms with Crippen molar-refractivity contribution in [3.8, 4) is 16.3 Å². The highest BCUT2D eigenvalue weighted by molar-refractivity contribution is 7.98. The Morgan fingerprint density at radius 1 is 1.12 bits per heavy atom. The molecule has 1 aromatic carbocycles. The summed E-state index contributed by atoms with van der Waals surface area (Å²) in [6.45, 7) is 4.15. The molecule has 0 aliphatic carbocycles. The second kappa shape index (κ2) is 7.07. The van der Waals surface area contributed by atoms with Gasteiger partial charge in [-0.15, -0.1) is 16.4 Å². The highest BCUT2D eigenvalue weighted by Crippen LogP contribution is 2.29. The van der Waals surface area contributed by atoms with Crippen molar-refractivity contribution in [3.05, 3.63) is 57.2 Å². The Bertz CT molecular complexity index is 967. The molecule has 0 unspecified atom stereocenters. The van der Waals surface area contributed by atoms with Crippen LogP contribution in [0, 0.1) is 13.8 Å². The van der Waals surface area contributed by atoms with E-state index in [-0.39, 0.29) is 0 Å². The number of aryl methyl sites for hydroxylation is 2. The van der Waals surface area contributed by atoms with Crippen LogP contribution in [0.25, 0.3) is 16.3 Å². The average molecular weight is 386 g/mol. The van der Waals surface area contributed by atoms with Crippen molar-refractivity contribution in [1.29, 1.82) is 0 Å². The summed E-state index contributed by atoms with van der Waals surface area (Å²) in [6.07, 6.45) is 0. The molecule has 25 heavy (non-hydrogen) atoms. The third kappa shape index (κ3) is 3.37. The molecule has 0 saturated heterocycles. The van der Waals surface area contributed by atoms with Crippen LogP contribution in [-0.2, 0) is 5.75 Å². The third-order valence-corrected chi connectivity index (χ3v) is 6.34. The van der Waals surface area contributed by atoms with Crippen molar-refractivity contribution >= 4 is 34.4 Å². The number of hydrogen-bond donors (Lipinski definition) is 0. The summed E-state index contributed by atoms with van der Waals surface area (Å²) < 4.78 is 1.82. The van der Waals surface area contributed by atoms with Gasteiger partial charge in [-0.3, -0.25) is 0 Å². The molecule has 5 nitrogen and oxygen atoms in total. The molecule has 0 fully saturated rings. The van der Waals surface area contributed by atoms with Crippen LogP contribution >= 0.6 is 34.4 Å². The minimum atomic E-state index is 0.742. The van der Waals surface area contributed by atoms with Crippen LogP contribution in [0.3, 0.4) is 0 Å². The number of aromatic nitrogens is 5. The van der Waals surface area contributed by atoms with Crippen LogP contribution in [0.5, 0.6) is 0 Å². The lowest BCUT2D eigenvalue weighted by atomic mass is 10.1. The number of tetrazole rings is 1. The fourth-order valence-electron chi connectivity index (χ4n) is 2.58. The quantitative estimate of drug-likeness (QED) is 0.464. The summed E-state index contributed by atoms with van der Waals surface area (Å²) in [5.41, 5.74) is 5.59. The predicted molar refractivity (Wildman–Crippen MR) is 104 cm³/mol. The van der Waals surface area contributed by atoms with E-state index in [1.165, 1.54) is 5.56 Å². The Hall–Kier alpha value is -2.03. The molecule has 0 aliphatic rings. The maximum Gasteiger partial charge on any atom is 0.214 e. The first kappa shape index (κ1) is 16.4. The monoisotopic (exact) mass is 385 g/mol. The van der Waals surface area contributed by atoms with E-state index >= 15 is 0 Å². The van der Waals surface area contributed by atoms with Crippen LogP contribution in [0.15, 0.2) is 45.6 Å². The smallest absolute Gasteiger partial charge is 0.214 e. The Labute approximate surface area is 157 Å². The van der Waals surface area contributed by atoms with Crippen LogP contribution < -0.4 is 0 Å². The first-order valence-electron chi connectivity index (χ1n) is 7.67. The maximum atomic E-state index is 4.72. The standard InChI is InChI=1S/C17H15N5S3/c1-11-4-3-5-12(2)15(11)22-17(19-20-21-22)25-10-14-9-24-16(18-14)13-6-7-23-8-13/h3-9H,10H2,1-2H3. The summed E-state index contributed by atoms with van der Waals surface area (Å²) in [6, 6.07) is 8.30. The second-order valence-corrected chi connectivity index (χ2v) is 8.14. The Kier molecular flexibility index (Phi) is 4.65. The Balaban J connectivity index is 1.54. The van der Waals surface area contributed by atoms with Crippen molar-refractivity contribution in [2.75, 3.05) is 0 Å². The zero-order valence-corrected chi connectivity index (χ0v) is 16.2. The zero-order valence-electron chi connectivity index (χ0n) is 13.7. The molecular formula is C17H15N5S3. The summed E-state index contributed by atoms with van der Waals surface area (Å²) in [5, 5.41) is 20.4. The molecule has 0 bridgehead atoms. The van der Waals surface area contributed by atoms with Crippen molar-refractivity contribution < 1.29 is 0 Å². The van der Waals surface area contributed by atoms with E-state index in [0.29, 0.717) is 0 Å². The van der Waals surface area contributed by atoms with Gasteiger partial charge in [-0.05, 0) is 46.8 Å². The number of thiazole rings is 1. The molecule has 4 rings (SSSR count). The van der Waals surface area contributed by atoms with Crippen molar-refractivity contribution in [1.82, 2.24) is 25.2 Å². The average Bonchev–Trinajstić information content (AvgIpc) is 3.34. The first-order valence-corrected chi connectivity index (χ1v) is 10.5. The zero-order chi connectivity index (χ0) is 17.2. The Morgan fingerprint density at radius 3 is 2.72 bits per heavy atom. The molecule has 0 atom stereocenters. The van der Waals surface area contributed by atoms with Gasteiger partial charge in [-0.1, -0.05) is 30.0 Å². The van der Waals surface area contributed by atoms with E-state index in [2.05, 4.69) is 63.7 Å². The summed E-state index contributed by atoms with van der Waals surface area (Å²) >= 11 is 4.97. The van der Waals surface area contributed by atoms with Gasteiger partial charge in [0.05, 0.1) is 11.4 Å². The Morgan fingerprint density at radius 2 is 1.96 bits per heavy atom. The number of benzene rings is 1. The van der Waals surface area contributed by atoms with E-state index in [4.69, 9.17) is 4.98 Å². The van der Waals surface area contributed by atoms with Gasteiger partial charge in [-0.2, -0.15) is 16.0 Å². The van der Waals surface area contributed by atoms with Gasteiger partial charge < -0.3 is 0 Å². The number of hydrogen-bond acceptors (Lipinski definition) is 7. The van der Waals surface area contributed by atoms with Crippen LogP contribution in [0.1, 0.15) is 16.8 Å². The molecule has 0 radical (unpaired) electrons. The number of nitrogens with zero attached hydrogens (tertiary/aromatic N) is 5. The molecule has 3 aromatic heterocycles. The first-order chi connectivity index (χ1) is 12.2. The normalized spacial score (nSPS) is 11.1. The molecule has 0 amide bonds. The lowest BCUT2D eigenvalue weighted by Crippen LogP contribution is -2.04. The largest absolute Gasteiger partial charge is 0.240 e. The predicted octanol–water partition coefficient (Wildman–Crippen LogP) is 4.76. The lowest BCUT2D eigenvalue weighted by molar-refractivity contribution is 0.747. The van der Waals surface area contributed by atoms with E-state index in [1.54, 1.807) is 34.4 Å². The van der Waals surface area contributed by atoms with Crippen molar-refractivity contribution in [2.45, 2.75) is 24.8 Å².